The van der Waals surface area contributed by atoms with E-state index in [4.69, 9.17) is 4.74 Å². The summed E-state index contributed by atoms with van der Waals surface area (Å²) in [6, 6.07) is 6.97. The number of hydrogen-bond donors (Lipinski definition) is 1. The van der Waals surface area contributed by atoms with E-state index in [1.165, 1.54) is 0 Å². The lowest BCUT2D eigenvalue weighted by molar-refractivity contribution is 0.122. The van der Waals surface area contributed by atoms with Crippen LogP contribution in [0.25, 0.3) is 0 Å². The van der Waals surface area contributed by atoms with Crippen LogP contribution < -0.4 is 9.62 Å². The van der Waals surface area contributed by atoms with Crippen molar-refractivity contribution >= 4 is 15.7 Å². The first-order chi connectivity index (χ1) is 8.63. The Kier molecular flexibility index (Phi) is 4.21. The highest BCUT2D eigenvalue weighted by molar-refractivity contribution is 7.89. The molecule has 1 aliphatic heterocycles. The average molecular weight is 270 g/mol. The van der Waals surface area contributed by atoms with Crippen LogP contribution >= 0.6 is 0 Å². The number of sulfonamides is 1. The predicted octanol–water partition coefficient (Wildman–Crippen LogP) is 0.821. The summed E-state index contributed by atoms with van der Waals surface area (Å²) >= 11 is 0. The third-order valence-electron chi connectivity index (χ3n) is 2.86. The van der Waals surface area contributed by atoms with Gasteiger partial charge in [-0.25, -0.2) is 13.1 Å². The lowest BCUT2D eigenvalue weighted by Crippen LogP contribution is -2.36. The molecule has 1 N–H and O–H groups in total. The Balaban J connectivity index is 2.14. The van der Waals surface area contributed by atoms with Gasteiger partial charge in [-0.3, -0.25) is 0 Å². The van der Waals surface area contributed by atoms with Crippen molar-refractivity contribution in [2.75, 3.05) is 37.7 Å². The van der Waals surface area contributed by atoms with Crippen molar-refractivity contribution in [2.24, 2.45) is 0 Å². The lowest BCUT2D eigenvalue weighted by Gasteiger charge is -2.28. The van der Waals surface area contributed by atoms with Crippen LogP contribution in [0.3, 0.4) is 0 Å². The molecular formula is C12H18N2O3S. The zero-order valence-corrected chi connectivity index (χ0v) is 11.2. The molecule has 0 aliphatic carbocycles. The first kappa shape index (κ1) is 13.3. The Hall–Kier alpha value is -1.11. The molecule has 0 unspecified atom stereocenters. The van der Waals surface area contributed by atoms with Gasteiger partial charge >= 0.3 is 0 Å². The summed E-state index contributed by atoms with van der Waals surface area (Å²) in [6.45, 7) is 5.29. The molecule has 1 fully saturated rings. The van der Waals surface area contributed by atoms with Crippen LogP contribution in [0.4, 0.5) is 5.69 Å². The van der Waals surface area contributed by atoms with E-state index in [1.54, 1.807) is 19.1 Å². The maximum atomic E-state index is 11.8. The smallest absolute Gasteiger partial charge is 0.240 e. The fraction of sp³-hybridized carbons (Fsp3) is 0.500. The van der Waals surface area contributed by atoms with Gasteiger partial charge in [0.25, 0.3) is 0 Å². The largest absolute Gasteiger partial charge is 0.378 e. The summed E-state index contributed by atoms with van der Waals surface area (Å²) < 4.78 is 31.3. The molecule has 0 aromatic heterocycles. The molecule has 6 heteroatoms. The summed E-state index contributed by atoms with van der Waals surface area (Å²) in [5.74, 6) is 0. The van der Waals surface area contributed by atoms with E-state index in [2.05, 4.69) is 9.62 Å². The Morgan fingerprint density at radius 2 is 1.83 bits per heavy atom. The number of anilines is 1. The van der Waals surface area contributed by atoms with Crippen molar-refractivity contribution in [3.8, 4) is 0 Å². The molecule has 100 valence electrons. The van der Waals surface area contributed by atoms with E-state index in [-0.39, 0.29) is 0 Å². The summed E-state index contributed by atoms with van der Waals surface area (Å²) in [4.78, 5) is 2.49. The second-order valence-corrected chi connectivity index (χ2v) is 5.86. The number of morpholine rings is 1. The topological polar surface area (TPSA) is 58.6 Å². The molecule has 0 bridgehead atoms. The number of rotatable bonds is 4. The minimum atomic E-state index is -3.35. The monoisotopic (exact) mass is 270 g/mol. The quantitative estimate of drug-likeness (QED) is 0.880. The summed E-state index contributed by atoms with van der Waals surface area (Å²) in [7, 11) is -3.35. The molecule has 18 heavy (non-hydrogen) atoms. The molecule has 0 radical (unpaired) electrons. The Morgan fingerprint density at radius 3 is 2.39 bits per heavy atom. The number of nitrogens with one attached hydrogen (secondary N) is 1. The number of hydrogen-bond acceptors (Lipinski definition) is 4. The molecule has 1 aliphatic rings. The van der Waals surface area contributed by atoms with Gasteiger partial charge in [-0.1, -0.05) is 6.92 Å². The van der Waals surface area contributed by atoms with Crippen molar-refractivity contribution < 1.29 is 13.2 Å². The second kappa shape index (κ2) is 5.69. The van der Waals surface area contributed by atoms with Crippen molar-refractivity contribution in [3.63, 3.8) is 0 Å². The fourth-order valence-corrected chi connectivity index (χ4v) is 2.97. The highest BCUT2D eigenvalue weighted by Crippen LogP contribution is 2.18. The van der Waals surface area contributed by atoms with E-state index in [1.807, 2.05) is 12.1 Å². The van der Waals surface area contributed by atoms with Crippen LogP contribution in [0.2, 0.25) is 0 Å². The Labute approximate surface area is 108 Å². The molecule has 1 aromatic rings. The molecule has 5 nitrogen and oxygen atoms in total. The van der Waals surface area contributed by atoms with Gasteiger partial charge < -0.3 is 9.64 Å². The van der Waals surface area contributed by atoms with Gasteiger partial charge in [-0.15, -0.1) is 0 Å². The van der Waals surface area contributed by atoms with Crippen molar-refractivity contribution in [1.82, 2.24) is 4.72 Å². The molecule has 0 atom stereocenters. The van der Waals surface area contributed by atoms with Crippen molar-refractivity contribution in [1.29, 1.82) is 0 Å². The normalized spacial score (nSPS) is 16.8. The number of nitrogens with zero attached hydrogens (tertiary/aromatic N) is 1. The third kappa shape index (κ3) is 3.01. The first-order valence-corrected chi connectivity index (χ1v) is 7.54. The lowest BCUT2D eigenvalue weighted by atomic mass is 10.2. The minimum Gasteiger partial charge on any atom is -0.378 e. The van der Waals surface area contributed by atoms with Gasteiger partial charge in [0.2, 0.25) is 10.0 Å². The van der Waals surface area contributed by atoms with Crippen LogP contribution in [0.1, 0.15) is 6.92 Å². The van der Waals surface area contributed by atoms with E-state index in [9.17, 15) is 8.42 Å². The van der Waals surface area contributed by atoms with Crippen LogP contribution in [0, 0.1) is 0 Å². The average Bonchev–Trinajstić information content (AvgIpc) is 2.40. The SMILES string of the molecule is CCNS(=O)(=O)c1ccc(N2CCOCC2)cc1. The fourth-order valence-electron chi connectivity index (χ4n) is 1.93. The second-order valence-electron chi connectivity index (χ2n) is 4.09. The van der Waals surface area contributed by atoms with Gasteiger partial charge in [-0.2, -0.15) is 0 Å². The summed E-state index contributed by atoms with van der Waals surface area (Å²) in [6.07, 6.45) is 0. The zero-order valence-electron chi connectivity index (χ0n) is 10.4. The predicted molar refractivity (Wildman–Crippen MR) is 70.3 cm³/mol. The van der Waals surface area contributed by atoms with Gasteiger partial charge in [-0.05, 0) is 24.3 Å². The zero-order chi connectivity index (χ0) is 13.0. The summed E-state index contributed by atoms with van der Waals surface area (Å²) in [5, 5.41) is 0. The van der Waals surface area contributed by atoms with Crippen LogP contribution in [0.15, 0.2) is 29.2 Å². The van der Waals surface area contributed by atoms with E-state index in [0.717, 1.165) is 32.0 Å². The molecule has 0 amide bonds. The molecule has 0 saturated carbocycles. The molecular weight excluding hydrogens is 252 g/mol. The maximum absolute atomic E-state index is 11.8. The molecule has 2 rings (SSSR count). The van der Waals surface area contributed by atoms with E-state index in [0.29, 0.717) is 11.4 Å². The van der Waals surface area contributed by atoms with Gasteiger partial charge in [0.05, 0.1) is 18.1 Å². The standard InChI is InChI=1S/C12H18N2O3S/c1-2-13-18(15,16)12-5-3-11(4-6-12)14-7-9-17-10-8-14/h3-6,13H,2,7-10H2,1H3. The third-order valence-corrected chi connectivity index (χ3v) is 4.42. The summed E-state index contributed by atoms with van der Waals surface area (Å²) in [5.41, 5.74) is 1.04. The molecule has 1 heterocycles. The first-order valence-electron chi connectivity index (χ1n) is 6.06. The van der Waals surface area contributed by atoms with Crippen molar-refractivity contribution in [2.45, 2.75) is 11.8 Å². The van der Waals surface area contributed by atoms with Crippen LogP contribution in [-0.4, -0.2) is 41.3 Å². The van der Waals surface area contributed by atoms with Gasteiger partial charge in [0, 0.05) is 25.3 Å². The highest BCUT2D eigenvalue weighted by atomic mass is 32.2. The number of ether oxygens (including phenoxy) is 1. The van der Waals surface area contributed by atoms with Crippen LogP contribution in [0.5, 0.6) is 0 Å². The van der Waals surface area contributed by atoms with Crippen molar-refractivity contribution in [3.05, 3.63) is 24.3 Å². The van der Waals surface area contributed by atoms with Gasteiger partial charge in [0.15, 0.2) is 0 Å². The molecule has 0 spiro atoms. The van der Waals surface area contributed by atoms with E-state index >= 15 is 0 Å². The number of benzene rings is 1. The highest BCUT2D eigenvalue weighted by Gasteiger charge is 2.14. The molecule has 1 aromatic carbocycles. The molecule has 1 saturated heterocycles. The van der Waals surface area contributed by atoms with Gasteiger partial charge in [0.1, 0.15) is 0 Å². The maximum Gasteiger partial charge on any atom is 0.240 e. The Bertz CT molecular complexity index is 479. The minimum absolute atomic E-state index is 0.307. The van der Waals surface area contributed by atoms with Crippen LogP contribution in [-0.2, 0) is 14.8 Å². The van der Waals surface area contributed by atoms with E-state index < -0.39 is 10.0 Å². The Morgan fingerprint density at radius 1 is 1.22 bits per heavy atom.